The number of thiophene rings is 1. The Hall–Kier alpha value is -0.730. The van der Waals surface area contributed by atoms with Crippen LogP contribution in [-0.2, 0) is 23.1 Å². The highest BCUT2D eigenvalue weighted by atomic mass is 79.9. The lowest BCUT2D eigenvalue weighted by Crippen LogP contribution is -2.23. The molecule has 1 aromatic heterocycles. The summed E-state index contributed by atoms with van der Waals surface area (Å²) in [5.74, 6) is 0. The Morgan fingerprint density at radius 1 is 1.40 bits per heavy atom. The fourth-order valence-corrected chi connectivity index (χ4v) is 4.59. The molecule has 0 saturated carbocycles. The van der Waals surface area contributed by atoms with Crippen LogP contribution >= 0.6 is 27.3 Å². The van der Waals surface area contributed by atoms with Gasteiger partial charge >= 0.3 is 0 Å². The van der Waals surface area contributed by atoms with E-state index in [1.807, 2.05) is 30.5 Å². The van der Waals surface area contributed by atoms with E-state index in [2.05, 4.69) is 20.7 Å². The molecule has 0 aliphatic rings. The lowest BCUT2D eigenvalue weighted by Gasteiger charge is -2.11. The van der Waals surface area contributed by atoms with Gasteiger partial charge in [0.1, 0.15) is 0 Å². The van der Waals surface area contributed by atoms with Crippen molar-refractivity contribution in [1.29, 1.82) is 0 Å². The molecule has 2 rings (SSSR count). The highest BCUT2D eigenvalue weighted by molar-refractivity contribution is 9.10. The van der Waals surface area contributed by atoms with Gasteiger partial charge in [0.05, 0.1) is 4.90 Å². The first-order valence-corrected chi connectivity index (χ1v) is 9.11. The average molecular weight is 375 g/mol. The van der Waals surface area contributed by atoms with E-state index in [0.717, 1.165) is 16.0 Å². The van der Waals surface area contributed by atoms with Crippen molar-refractivity contribution >= 4 is 37.3 Å². The van der Waals surface area contributed by atoms with Gasteiger partial charge in [-0.2, -0.15) is 0 Å². The van der Waals surface area contributed by atoms with Gasteiger partial charge in [-0.15, -0.1) is 11.3 Å². The third-order valence-electron chi connectivity index (χ3n) is 2.82. The second-order valence-corrected chi connectivity index (χ2v) is 7.89. The quantitative estimate of drug-likeness (QED) is 0.844. The van der Waals surface area contributed by atoms with E-state index in [4.69, 9.17) is 5.73 Å². The van der Waals surface area contributed by atoms with Crippen molar-refractivity contribution in [3.8, 4) is 0 Å². The van der Waals surface area contributed by atoms with E-state index in [0.29, 0.717) is 17.6 Å². The van der Waals surface area contributed by atoms with Gasteiger partial charge in [-0.05, 0) is 51.5 Å². The first-order chi connectivity index (χ1) is 9.44. The first kappa shape index (κ1) is 15.7. The number of sulfonamides is 1. The fourth-order valence-electron chi connectivity index (χ4n) is 1.78. The fraction of sp³-hybridized carbons (Fsp3) is 0.231. The van der Waals surface area contributed by atoms with Crippen molar-refractivity contribution in [3.05, 3.63) is 50.1 Å². The molecule has 1 heterocycles. The van der Waals surface area contributed by atoms with Crippen LogP contribution in [0.4, 0.5) is 0 Å². The molecule has 108 valence electrons. The molecule has 0 spiro atoms. The van der Waals surface area contributed by atoms with E-state index >= 15 is 0 Å². The molecule has 0 bridgehead atoms. The number of aryl methyl sites for hydroxylation is 1. The van der Waals surface area contributed by atoms with Crippen LogP contribution in [-0.4, -0.2) is 8.42 Å². The highest BCUT2D eigenvalue weighted by Gasteiger charge is 2.19. The molecular formula is C13H15BrN2O2S2. The number of hydrogen-bond donors (Lipinski definition) is 2. The first-order valence-electron chi connectivity index (χ1n) is 5.95. The monoisotopic (exact) mass is 374 g/mol. The summed E-state index contributed by atoms with van der Waals surface area (Å²) in [6.07, 6.45) is 0. The predicted octanol–water partition coefficient (Wildman–Crippen LogP) is 2.76. The zero-order valence-corrected chi connectivity index (χ0v) is 14.1. The second-order valence-electron chi connectivity index (χ2n) is 4.33. The number of nitrogens with one attached hydrogen (secondary N) is 1. The largest absolute Gasteiger partial charge is 0.326 e. The zero-order chi connectivity index (χ0) is 14.8. The standard InChI is InChI=1S/C13H15BrN2O2S2/c1-9-5-10(7-15)6-12(13(9)14)20(17,18)16-8-11-3-2-4-19-11/h2-6,16H,7-8,15H2,1H3. The summed E-state index contributed by atoms with van der Waals surface area (Å²) >= 11 is 4.86. The molecule has 0 aliphatic carbocycles. The molecule has 2 aromatic rings. The van der Waals surface area contributed by atoms with Crippen LogP contribution in [0, 0.1) is 6.92 Å². The van der Waals surface area contributed by atoms with E-state index < -0.39 is 10.0 Å². The van der Waals surface area contributed by atoms with Gasteiger partial charge in [0, 0.05) is 22.4 Å². The third kappa shape index (κ3) is 3.48. The third-order valence-corrected chi connectivity index (χ3v) is 6.44. The number of hydrogen-bond acceptors (Lipinski definition) is 4. The van der Waals surface area contributed by atoms with E-state index in [1.54, 1.807) is 6.07 Å². The topological polar surface area (TPSA) is 72.2 Å². The molecule has 0 atom stereocenters. The minimum Gasteiger partial charge on any atom is -0.326 e. The van der Waals surface area contributed by atoms with Crippen LogP contribution in [0.3, 0.4) is 0 Å². The number of nitrogens with two attached hydrogens (primary N) is 1. The molecular weight excluding hydrogens is 360 g/mol. The van der Waals surface area contributed by atoms with Gasteiger partial charge in [-0.3, -0.25) is 0 Å². The number of halogens is 1. The summed E-state index contributed by atoms with van der Waals surface area (Å²) in [5.41, 5.74) is 7.25. The van der Waals surface area contributed by atoms with Crippen LogP contribution in [0.15, 0.2) is 39.0 Å². The summed E-state index contributed by atoms with van der Waals surface area (Å²) in [4.78, 5) is 1.20. The van der Waals surface area contributed by atoms with Crippen LogP contribution in [0.1, 0.15) is 16.0 Å². The smallest absolute Gasteiger partial charge is 0.242 e. The van der Waals surface area contributed by atoms with Crippen molar-refractivity contribution < 1.29 is 8.42 Å². The Bertz CT molecular complexity index is 697. The number of benzene rings is 1. The maximum Gasteiger partial charge on any atom is 0.242 e. The molecule has 0 amide bonds. The van der Waals surface area contributed by atoms with Gasteiger partial charge in [0.25, 0.3) is 0 Å². The summed E-state index contributed by atoms with van der Waals surface area (Å²) in [5, 5.41) is 1.92. The summed E-state index contributed by atoms with van der Waals surface area (Å²) in [7, 11) is -3.57. The maximum absolute atomic E-state index is 12.4. The van der Waals surface area contributed by atoms with Crippen molar-refractivity contribution in [2.45, 2.75) is 24.9 Å². The molecule has 0 unspecified atom stereocenters. The maximum atomic E-state index is 12.4. The van der Waals surface area contributed by atoms with Gasteiger partial charge in [-0.1, -0.05) is 12.1 Å². The van der Waals surface area contributed by atoms with Gasteiger partial charge in [-0.25, -0.2) is 13.1 Å². The predicted molar refractivity (Wildman–Crippen MR) is 85.1 cm³/mol. The van der Waals surface area contributed by atoms with Crippen molar-refractivity contribution in [2.75, 3.05) is 0 Å². The minimum atomic E-state index is -3.57. The van der Waals surface area contributed by atoms with Crippen LogP contribution in [0.25, 0.3) is 0 Å². The molecule has 20 heavy (non-hydrogen) atoms. The van der Waals surface area contributed by atoms with Gasteiger partial charge in [0.15, 0.2) is 0 Å². The van der Waals surface area contributed by atoms with Crippen LogP contribution in [0.5, 0.6) is 0 Å². The van der Waals surface area contributed by atoms with E-state index in [1.165, 1.54) is 11.3 Å². The Kier molecular flexibility index (Phi) is 4.98. The van der Waals surface area contributed by atoms with Gasteiger partial charge < -0.3 is 5.73 Å². The molecule has 1 aromatic carbocycles. The second kappa shape index (κ2) is 6.36. The highest BCUT2D eigenvalue weighted by Crippen LogP contribution is 2.27. The zero-order valence-electron chi connectivity index (χ0n) is 10.9. The van der Waals surface area contributed by atoms with E-state index in [9.17, 15) is 8.42 Å². The van der Waals surface area contributed by atoms with Gasteiger partial charge in [0.2, 0.25) is 10.0 Å². The Morgan fingerprint density at radius 3 is 2.75 bits per heavy atom. The van der Waals surface area contributed by atoms with E-state index in [-0.39, 0.29) is 4.90 Å². The number of rotatable bonds is 5. The molecule has 7 heteroatoms. The lowest BCUT2D eigenvalue weighted by molar-refractivity contribution is 0.581. The molecule has 0 fully saturated rings. The van der Waals surface area contributed by atoms with Crippen molar-refractivity contribution in [2.24, 2.45) is 5.73 Å². The Labute approximate surface area is 131 Å². The van der Waals surface area contributed by atoms with Crippen LogP contribution in [0.2, 0.25) is 0 Å². The molecule has 0 radical (unpaired) electrons. The summed E-state index contributed by atoms with van der Waals surface area (Å²) < 4.78 is 28.0. The summed E-state index contributed by atoms with van der Waals surface area (Å²) in [6, 6.07) is 7.27. The average Bonchev–Trinajstić information content (AvgIpc) is 2.92. The Morgan fingerprint density at radius 2 is 2.15 bits per heavy atom. The lowest BCUT2D eigenvalue weighted by atomic mass is 10.1. The van der Waals surface area contributed by atoms with Crippen molar-refractivity contribution in [3.63, 3.8) is 0 Å². The summed E-state index contributed by atoms with van der Waals surface area (Å²) in [6.45, 7) is 2.45. The van der Waals surface area contributed by atoms with Crippen molar-refractivity contribution in [1.82, 2.24) is 4.72 Å². The molecule has 0 saturated heterocycles. The Balaban J connectivity index is 2.31. The van der Waals surface area contributed by atoms with Crippen LogP contribution < -0.4 is 10.5 Å². The molecule has 0 aliphatic heterocycles. The SMILES string of the molecule is Cc1cc(CN)cc(S(=O)(=O)NCc2cccs2)c1Br. The minimum absolute atomic E-state index is 0.231. The normalized spacial score (nSPS) is 11.8. The molecule has 4 nitrogen and oxygen atoms in total. The molecule has 3 N–H and O–H groups in total.